The molecule has 0 saturated carbocycles. The summed E-state index contributed by atoms with van der Waals surface area (Å²) >= 11 is 0. The first kappa shape index (κ1) is 15.5. The summed E-state index contributed by atoms with van der Waals surface area (Å²) in [5, 5.41) is 13.0. The SMILES string of the molecule is Cc1cn([C@@H]2O[C@H](CO)[C@H]3NC[C@H](C(C)C)[C@H]32)c(=O)[nH]c1=O. The van der Waals surface area contributed by atoms with Crippen LogP contribution in [0.25, 0.3) is 0 Å². The quantitative estimate of drug-likeness (QED) is 0.706. The van der Waals surface area contributed by atoms with E-state index in [1.54, 1.807) is 13.1 Å². The van der Waals surface area contributed by atoms with Gasteiger partial charge in [0.25, 0.3) is 5.56 Å². The molecular weight excluding hydrogens is 286 g/mol. The number of aromatic amines is 1. The summed E-state index contributed by atoms with van der Waals surface area (Å²) in [6.45, 7) is 6.72. The second kappa shape index (κ2) is 5.64. The number of aliphatic hydroxyl groups is 1. The summed E-state index contributed by atoms with van der Waals surface area (Å²) in [7, 11) is 0. The van der Waals surface area contributed by atoms with Crippen molar-refractivity contribution >= 4 is 0 Å². The van der Waals surface area contributed by atoms with Crippen LogP contribution in [0.3, 0.4) is 0 Å². The molecule has 2 saturated heterocycles. The minimum atomic E-state index is -0.465. The van der Waals surface area contributed by atoms with Crippen LogP contribution in [0.5, 0.6) is 0 Å². The fourth-order valence-corrected chi connectivity index (χ4v) is 3.80. The third kappa shape index (κ3) is 2.33. The molecule has 3 rings (SSSR count). The van der Waals surface area contributed by atoms with E-state index < -0.39 is 11.9 Å². The molecule has 2 fully saturated rings. The number of aromatic nitrogens is 2. The first-order chi connectivity index (χ1) is 10.4. The third-order valence-electron chi connectivity index (χ3n) is 5.00. The van der Waals surface area contributed by atoms with Gasteiger partial charge in [-0.15, -0.1) is 0 Å². The second-order valence-corrected chi connectivity index (χ2v) is 6.65. The molecule has 0 amide bonds. The number of nitrogens with zero attached hydrogens (tertiary/aromatic N) is 1. The zero-order valence-electron chi connectivity index (χ0n) is 13.1. The Labute approximate surface area is 128 Å². The summed E-state index contributed by atoms with van der Waals surface area (Å²) in [6, 6.07) is 0.0292. The number of aliphatic hydroxyl groups excluding tert-OH is 1. The zero-order chi connectivity index (χ0) is 16.0. The predicted molar refractivity (Wildman–Crippen MR) is 80.7 cm³/mol. The third-order valence-corrected chi connectivity index (χ3v) is 5.00. The standard InChI is InChI=1S/C15H23N3O4/c1-7(2)9-4-16-12-10(6-19)22-14(11(9)12)18-5-8(3)13(20)17-15(18)21/h5,7,9-12,14,16,19H,4,6H2,1-3H3,(H,17,20,21)/t9-,10-,11-,12-,14-/m1/s1. The van der Waals surface area contributed by atoms with Crippen LogP contribution < -0.4 is 16.6 Å². The maximum Gasteiger partial charge on any atom is 0.330 e. The van der Waals surface area contributed by atoms with Crippen molar-refractivity contribution in [2.45, 2.75) is 39.1 Å². The van der Waals surface area contributed by atoms with Gasteiger partial charge in [0.1, 0.15) is 6.23 Å². The van der Waals surface area contributed by atoms with Crippen LogP contribution in [0.15, 0.2) is 15.8 Å². The molecule has 1 aromatic rings. The fourth-order valence-electron chi connectivity index (χ4n) is 3.80. The molecule has 0 unspecified atom stereocenters. The maximum atomic E-state index is 12.2. The van der Waals surface area contributed by atoms with Crippen LogP contribution in [0.2, 0.25) is 0 Å². The Bertz CT molecular complexity index is 665. The van der Waals surface area contributed by atoms with Crippen LogP contribution >= 0.6 is 0 Å². The Morgan fingerprint density at radius 2 is 2.18 bits per heavy atom. The molecule has 2 aliphatic rings. The molecular formula is C15H23N3O4. The van der Waals surface area contributed by atoms with Gasteiger partial charge in [0, 0.05) is 23.7 Å². The number of ether oxygens (including phenoxy) is 1. The molecule has 0 aliphatic carbocycles. The van der Waals surface area contributed by atoms with Crippen molar-refractivity contribution in [1.29, 1.82) is 0 Å². The summed E-state index contributed by atoms with van der Waals surface area (Å²) in [6.07, 6.45) is 0.753. The summed E-state index contributed by atoms with van der Waals surface area (Å²) in [4.78, 5) is 26.1. The van der Waals surface area contributed by atoms with Crippen LogP contribution in [-0.2, 0) is 4.74 Å². The van der Waals surface area contributed by atoms with E-state index in [2.05, 4.69) is 24.1 Å². The van der Waals surface area contributed by atoms with E-state index in [1.165, 1.54) is 4.57 Å². The van der Waals surface area contributed by atoms with Gasteiger partial charge in [-0.05, 0) is 25.3 Å². The molecule has 0 bridgehead atoms. The Kier molecular flexibility index (Phi) is 3.96. The van der Waals surface area contributed by atoms with Crippen LogP contribution in [0, 0.1) is 24.7 Å². The van der Waals surface area contributed by atoms with Gasteiger partial charge in [-0.25, -0.2) is 4.79 Å². The molecule has 0 spiro atoms. The van der Waals surface area contributed by atoms with Gasteiger partial charge in [0.05, 0.1) is 12.7 Å². The van der Waals surface area contributed by atoms with Crippen molar-refractivity contribution in [3.8, 4) is 0 Å². The lowest BCUT2D eigenvalue weighted by Crippen LogP contribution is -2.38. The van der Waals surface area contributed by atoms with Crippen molar-refractivity contribution in [3.05, 3.63) is 32.6 Å². The summed E-state index contributed by atoms with van der Waals surface area (Å²) < 4.78 is 7.41. The molecule has 5 atom stereocenters. The zero-order valence-corrected chi connectivity index (χ0v) is 13.1. The van der Waals surface area contributed by atoms with E-state index in [1.807, 2.05) is 0 Å². The highest BCUT2D eigenvalue weighted by Gasteiger charge is 2.53. The minimum Gasteiger partial charge on any atom is -0.394 e. The lowest BCUT2D eigenvalue weighted by atomic mass is 9.82. The van der Waals surface area contributed by atoms with E-state index in [9.17, 15) is 14.7 Å². The van der Waals surface area contributed by atoms with Crippen LogP contribution in [-0.4, -0.2) is 40.0 Å². The monoisotopic (exact) mass is 309 g/mol. The molecule has 1 aromatic heterocycles. The van der Waals surface area contributed by atoms with E-state index in [4.69, 9.17) is 4.74 Å². The van der Waals surface area contributed by atoms with E-state index >= 15 is 0 Å². The maximum absolute atomic E-state index is 12.2. The van der Waals surface area contributed by atoms with E-state index in [0.29, 0.717) is 17.4 Å². The largest absolute Gasteiger partial charge is 0.394 e. The first-order valence-electron chi connectivity index (χ1n) is 7.75. The van der Waals surface area contributed by atoms with Gasteiger partial charge in [0.2, 0.25) is 0 Å². The number of hydrogen-bond donors (Lipinski definition) is 3. The molecule has 7 heteroatoms. The molecule has 7 nitrogen and oxygen atoms in total. The smallest absolute Gasteiger partial charge is 0.330 e. The molecule has 3 heterocycles. The summed E-state index contributed by atoms with van der Waals surface area (Å²) in [5.74, 6) is 0.886. The molecule has 22 heavy (non-hydrogen) atoms. The number of H-pyrrole nitrogens is 1. The summed E-state index contributed by atoms with van der Waals surface area (Å²) in [5.41, 5.74) is -0.369. The highest BCUT2D eigenvalue weighted by atomic mass is 16.5. The minimum absolute atomic E-state index is 0.0292. The van der Waals surface area contributed by atoms with Gasteiger partial charge in [-0.1, -0.05) is 13.8 Å². The second-order valence-electron chi connectivity index (χ2n) is 6.65. The van der Waals surface area contributed by atoms with Crippen molar-refractivity contribution in [3.63, 3.8) is 0 Å². The van der Waals surface area contributed by atoms with Crippen molar-refractivity contribution in [2.24, 2.45) is 17.8 Å². The number of fused-ring (bicyclic) bond motifs is 1. The van der Waals surface area contributed by atoms with Gasteiger partial charge in [0.15, 0.2) is 0 Å². The van der Waals surface area contributed by atoms with Crippen LogP contribution in [0.4, 0.5) is 0 Å². The van der Waals surface area contributed by atoms with Gasteiger partial charge >= 0.3 is 5.69 Å². The number of hydrogen-bond acceptors (Lipinski definition) is 5. The normalized spacial score (nSPS) is 34.3. The lowest BCUT2D eigenvalue weighted by molar-refractivity contribution is -0.0488. The van der Waals surface area contributed by atoms with Crippen molar-refractivity contribution in [1.82, 2.24) is 14.9 Å². The predicted octanol–water partition coefficient (Wildman–Crippen LogP) is -0.405. The fraction of sp³-hybridized carbons (Fsp3) is 0.733. The Morgan fingerprint density at radius 3 is 2.82 bits per heavy atom. The number of nitrogens with one attached hydrogen (secondary N) is 2. The lowest BCUT2D eigenvalue weighted by Gasteiger charge is -2.27. The first-order valence-corrected chi connectivity index (χ1v) is 7.75. The average Bonchev–Trinajstić information content (AvgIpc) is 3.02. The number of aryl methyl sites for hydroxylation is 1. The molecule has 0 radical (unpaired) electrons. The van der Waals surface area contributed by atoms with Gasteiger partial charge < -0.3 is 15.2 Å². The molecule has 0 aromatic carbocycles. The highest BCUT2D eigenvalue weighted by molar-refractivity contribution is 5.06. The Hall–Kier alpha value is -1.44. The van der Waals surface area contributed by atoms with E-state index in [0.717, 1.165) is 6.54 Å². The topological polar surface area (TPSA) is 96.3 Å². The molecule has 3 N–H and O–H groups in total. The Balaban J connectivity index is 2.04. The van der Waals surface area contributed by atoms with Crippen molar-refractivity contribution < 1.29 is 9.84 Å². The van der Waals surface area contributed by atoms with E-state index in [-0.39, 0.29) is 30.2 Å². The van der Waals surface area contributed by atoms with Gasteiger partial charge in [-0.3, -0.25) is 14.3 Å². The number of rotatable bonds is 3. The highest BCUT2D eigenvalue weighted by Crippen LogP contribution is 2.44. The molecule has 2 aliphatic heterocycles. The average molecular weight is 309 g/mol. The molecule has 122 valence electrons. The van der Waals surface area contributed by atoms with Crippen molar-refractivity contribution in [2.75, 3.05) is 13.2 Å². The van der Waals surface area contributed by atoms with Gasteiger partial charge in [-0.2, -0.15) is 0 Å². The Morgan fingerprint density at radius 1 is 1.45 bits per heavy atom. The van der Waals surface area contributed by atoms with Crippen LogP contribution in [0.1, 0.15) is 25.6 Å².